The number of anilines is 1. The maximum atomic E-state index is 12.4. The zero-order valence-electron chi connectivity index (χ0n) is 13.3. The van der Waals surface area contributed by atoms with Gasteiger partial charge in [-0.2, -0.15) is 0 Å². The highest BCUT2D eigenvalue weighted by molar-refractivity contribution is 6.33. The second-order valence-electron chi connectivity index (χ2n) is 5.82. The zero-order valence-corrected chi connectivity index (χ0v) is 14.1. The minimum absolute atomic E-state index is 0.159. The number of aryl methyl sites for hydroxylation is 1. The van der Waals surface area contributed by atoms with Crippen LogP contribution in [0.5, 0.6) is 5.75 Å². The number of rotatable bonds is 4. The van der Waals surface area contributed by atoms with Crippen LogP contribution in [0.1, 0.15) is 17.5 Å². The van der Waals surface area contributed by atoms with Gasteiger partial charge in [-0.15, -0.1) is 0 Å². The number of ether oxygens (including phenoxy) is 1. The molecule has 0 saturated heterocycles. The second kappa shape index (κ2) is 6.71. The van der Waals surface area contributed by atoms with Crippen molar-refractivity contribution < 1.29 is 14.6 Å². The maximum absolute atomic E-state index is 12.4. The van der Waals surface area contributed by atoms with E-state index in [1.54, 1.807) is 25.3 Å². The molecule has 0 bridgehead atoms. The molecule has 0 saturated carbocycles. The van der Waals surface area contributed by atoms with E-state index in [1.165, 1.54) is 0 Å². The summed E-state index contributed by atoms with van der Waals surface area (Å²) < 4.78 is 5.09. The third-order valence-corrected chi connectivity index (χ3v) is 4.71. The van der Waals surface area contributed by atoms with Gasteiger partial charge in [-0.3, -0.25) is 0 Å². The van der Waals surface area contributed by atoms with Crippen LogP contribution in [0.15, 0.2) is 42.5 Å². The van der Waals surface area contributed by atoms with Gasteiger partial charge in [-0.1, -0.05) is 35.9 Å². The van der Waals surface area contributed by atoms with Crippen LogP contribution in [-0.4, -0.2) is 24.9 Å². The summed E-state index contributed by atoms with van der Waals surface area (Å²) in [5.41, 5.74) is 1.83. The van der Waals surface area contributed by atoms with Crippen molar-refractivity contribution in [3.05, 3.63) is 58.6 Å². The van der Waals surface area contributed by atoms with Crippen molar-refractivity contribution >= 4 is 23.3 Å². The predicted molar refractivity (Wildman–Crippen MR) is 93.7 cm³/mol. The Balaban J connectivity index is 1.77. The first-order chi connectivity index (χ1) is 11.6. The van der Waals surface area contributed by atoms with Gasteiger partial charge in [0.15, 0.2) is 0 Å². The van der Waals surface area contributed by atoms with Crippen LogP contribution >= 0.6 is 11.6 Å². The fraction of sp³-hybridized carbons (Fsp3) is 0.278. The Bertz CT molecular complexity index is 766. The molecule has 0 radical (unpaired) electrons. The van der Waals surface area contributed by atoms with Crippen molar-refractivity contribution in [2.45, 2.75) is 18.4 Å². The molecule has 2 aromatic carbocycles. The largest absolute Gasteiger partial charge is 0.497 e. The molecule has 126 valence electrons. The lowest BCUT2D eigenvalue weighted by Gasteiger charge is -2.29. The number of halogens is 1. The Hall–Kier alpha value is -2.24. The molecule has 0 aromatic heterocycles. The smallest absolute Gasteiger partial charge is 0.320 e. The Labute approximate surface area is 145 Å². The Morgan fingerprint density at radius 2 is 2.12 bits per heavy atom. The molecule has 1 unspecified atom stereocenters. The number of methoxy groups -OCH3 is 1. The van der Waals surface area contributed by atoms with Crippen LogP contribution in [0, 0.1) is 0 Å². The standard InChI is InChI=1S/C18H19ClN2O3/c1-24-13-6-7-16(15(19)10-13)20-17(23)21-18(11-22)9-8-12-4-2-3-5-14(12)18/h2-7,10,22H,8-9,11H2,1H3,(H2,20,21,23). The van der Waals surface area contributed by atoms with Crippen LogP contribution in [0.3, 0.4) is 0 Å². The fourth-order valence-electron chi connectivity index (χ4n) is 3.12. The molecule has 5 nitrogen and oxygen atoms in total. The van der Waals surface area contributed by atoms with Gasteiger partial charge < -0.3 is 20.5 Å². The molecule has 1 aliphatic carbocycles. The SMILES string of the molecule is COc1ccc(NC(=O)NC2(CO)CCc3ccccc32)c(Cl)c1. The molecule has 2 amide bonds. The summed E-state index contributed by atoms with van der Waals surface area (Å²) in [5.74, 6) is 0.613. The van der Waals surface area contributed by atoms with E-state index in [1.807, 2.05) is 24.3 Å². The summed E-state index contributed by atoms with van der Waals surface area (Å²) in [6, 6.07) is 12.4. The number of fused-ring (bicyclic) bond motifs is 1. The fourth-order valence-corrected chi connectivity index (χ4v) is 3.33. The summed E-state index contributed by atoms with van der Waals surface area (Å²) in [6.45, 7) is -0.159. The molecule has 1 atom stereocenters. The summed E-state index contributed by atoms with van der Waals surface area (Å²) >= 11 is 6.15. The number of aliphatic hydroxyl groups is 1. The van der Waals surface area contributed by atoms with E-state index in [0.717, 1.165) is 17.5 Å². The first kappa shape index (κ1) is 16.6. The molecular weight excluding hydrogens is 328 g/mol. The number of nitrogens with one attached hydrogen (secondary N) is 2. The van der Waals surface area contributed by atoms with Gasteiger partial charge in [0.05, 0.1) is 30.0 Å². The molecule has 24 heavy (non-hydrogen) atoms. The van der Waals surface area contributed by atoms with Crippen LogP contribution in [0.4, 0.5) is 10.5 Å². The number of hydrogen-bond acceptors (Lipinski definition) is 3. The van der Waals surface area contributed by atoms with Crippen LogP contribution < -0.4 is 15.4 Å². The quantitative estimate of drug-likeness (QED) is 0.795. The zero-order chi connectivity index (χ0) is 17.2. The molecule has 0 heterocycles. The van der Waals surface area contributed by atoms with E-state index in [9.17, 15) is 9.90 Å². The first-order valence-corrected chi connectivity index (χ1v) is 8.08. The minimum Gasteiger partial charge on any atom is -0.497 e. The van der Waals surface area contributed by atoms with E-state index < -0.39 is 11.6 Å². The molecule has 0 spiro atoms. The van der Waals surface area contributed by atoms with Crippen LogP contribution in [-0.2, 0) is 12.0 Å². The first-order valence-electron chi connectivity index (χ1n) is 7.70. The van der Waals surface area contributed by atoms with Gasteiger partial charge in [0, 0.05) is 6.07 Å². The molecule has 6 heteroatoms. The molecule has 0 fully saturated rings. The maximum Gasteiger partial charge on any atom is 0.320 e. The van der Waals surface area contributed by atoms with Gasteiger partial charge in [-0.25, -0.2) is 4.79 Å². The summed E-state index contributed by atoms with van der Waals surface area (Å²) in [7, 11) is 1.55. The lowest BCUT2D eigenvalue weighted by Crippen LogP contribution is -2.48. The highest BCUT2D eigenvalue weighted by Crippen LogP contribution is 2.36. The monoisotopic (exact) mass is 346 g/mol. The number of carbonyl (C=O) groups is 1. The van der Waals surface area contributed by atoms with Crippen LogP contribution in [0.2, 0.25) is 5.02 Å². The van der Waals surface area contributed by atoms with E-state index in [-0.39, 0.29) is 6.61 Å². The number of carbonyl (C=O) groups excluding carboxylic acids is 1. The summed E-state index contributed by atoms with van der Waals surface area (Å²) in [6.07, 6.45) is 1.48. The molecule has 0 aliphatic heterocycles. The Kier molecular flexibility index (Phi) is 4.64. The number of amides is 2. The van der Waals surface area contributed by atoms with Gasteiger partial charge >= 0.3 is 6.03 Å². The lowest BCUT2D eigenvalue weighted by molar-refractivity contribution is 0.164. The lowest BCUT2D eigenvalue weighted by atomic mass is 9.93. The number of hydrogen-bond donors (Lipinski definition) is 3. The van der Waals surface area contributed by atoms with Gasteiger partial charge in [0.25, 0.3) is 0 Å². The second-order valence-corrected chi connectivity index (χ2v) is 6.23. The van der Waals surface area contributed by atoms with Crippen molar-refractivity contribution in [3.63, 3.8) is 0 Å². The van der Waals surface area contributed by atoms with Crippen molar-refractivity contribution in [2.75, 3.05) is 19.0 Å². The molecule has 1 aliphatic rings. The average Bonchev–Trinajstić information content (AvgIpc) is 2.96. The molecule has 3 N–H and O–H groups in total. The Morgan fingerprint density at radius 3 is 2.83 bits per heavy atom. The van der Waals surface area contributed by atoms with E-state index in [0.29, 0.717) is 22.9 Å². The number of aliphatic hydroxyl groups excluding tert-OH is 1. The van der Waals surface area contributed by atoms with Gasteiger partial charge in [0.2, 0.25) is 0 Å². The normalized spacial score (nSPS) is 18.8. The summed E-state index contributed by atoms with van der Waals surface area (Å²) in [4.78, 5) is 12.4. The van der Waals surface area contributed by atoms with Crippen molar-refractivity contribution in [1.29, 1.82) is 0 Å². The number of urea groups is 1. The van der Waals surface area contributed by atoms with E-state index >= 15 is 0 Å². The van der Waals surface area contributed by atoms with Crippen molar-refractivity contribution in [1.82, 2.24) is 5.32 Å². The summed E-state index contributed by atoms with van der Waals surface area (Å²) in [5, 5.41) is 15.9. The Morgan fingerprint density at radius 1 is 1.33 bits per heavy atom. The van der Waals surface area contributed by atoms with Crippen LogP contribution in [0.25, 0.3) is 0 Å². The van der Waals surface area contributed by atoms with E-state index in [2.05, 4.69) is 10.6 Å². The number of benzene rings is 2. The minimum atomic E-state index is -0.764. The predicted octanol–water partition coefficient (Wildman–Crippen LogP) is 3.30. The third-order valence-electron chi connectivity index (χ3n) is 4.40. The van der Waals surface area contributed by atoms with Crippen molar-refractivity contribution in [2.24, 2.45) is 0 Å². The molecule has 2 aromatic rings. The van der Waals surface area contributed by atoms with Gasteiger partial charge in [-0.05, 0) is 36.1 Å². The third kappa shape index (κ3) is 3.05. The topological polar surface area (TPSA) is 70.6 Å². The highest BCUT2D eigenvalue weighted by Gasteiger charge is 2.39. The molecular formula is C18H19ClN2O3. The molecule has 3 rings (SSSR count). The van der Waals surface area contributed by atoms with E-state index in [4.69, 9.17) is 16.3 Å². The highest BCUT2D eigenvalue weighted by atomic mass is 35.5. The van der Waals surface area contributed by atoms with Crippen molar-refractivity contribution in [3.8, 4) is 5.75 Å². The van der Waals surface area contributed by atoms with Gasteiger partial charge in [0.1, 0.15) is 5.75 Å². The average molecular weight is 347 g/mol.